The minimum Gasteiger partial charge on any atom is -0.493 e. The van der Waals surface area contributed by atoms with Crippen LogP contribution in [0.5, 0.6) is 11.5 Å². The van der Waals surface area contributed by atoms with Gasteiger partial charge in [0.1, 0.15) is 0 Å². The first-order valence-electron chi connectivity index (χ1n) is 6.68. The predicted molar refractivity (Wildman–Crippen MR) is 88.4 cm³/mol. The summed E-state index contributed by atoms with van der Waals surface area (Å²) in [6.45, 7) is -3.06. The highest BCUT2D eigenvalue weighted by molar-refractivity contribution is 9.10. The molecule has 0 bridgehead atoms. The number of sulfonamides is 1. The van der Waals surface area contributed by atoms with Crippen LogP contribution in [0.4, 0.5) is 8.78 Å². The Morgan fingerprint density at radius 2 is 1.88 bits per heavy atom. The Morgan fingerprint density at radius 3 is 2.48 bits per heavy atom. The van der Waals surface area contributed by atoms with Gasteiger partial charge >= 0.3 is 6.61 Å². The summed E-state index contributed by atoms with van der Waals surface area (Å²) in [5.41, 5.74) is -0.1000. The van der Waals surface area contributed by atoms with Crippen LogP contribution in [0.15, 0.2) is 51.8 Å². The van der Waals surface area contributed by atoms with E-state index in [9.17, 15) is 22.0 Å². The number of carbonyl (C=O) groups is 1. The Kier molecular flexibility index (Phi) is 5.96. The maximum Gasteiger partial charge on any atom is 0.387 e. The minimum atomic E-state index is -4.10. The zero-order valence-electron chi connectivity index (χ0n) is 12.7. The number of hydrogen-bond acceptors (Lipinski definition) is 5. The molecule has 134 valence electrons. The summed E-state index contributed by atoms with van der Waals surface area (Å²) in [5, 5.41) is 0. The van der Waals surface area contributed by atoms with E-state index >= 15 is 0 Å². The van der Waals surface area contributed by atoms with Crippen LogP contribution in [0, 0.1) is 0 Å². The monoisotopic (exact) mass is 435 g/mol. The van der Waals surface area contributed by atoms with E-state index in [0.717, 1.165) is 18.2 Å². The molecular weight excluding hydrogens is 424 g/mol. The number of ether oxygens (including phenoxy) is 2. The van der Waals surface area contributed by atoms with Crippen LogP contribution < -0.4 is 14.2 Å². The quantitative estimate of drug-likeness (QED) is 0.753. The zero-order chi connectivity index (χ0) is 18.6. The second-order valence-electron chi connectivity index (χ2n) is 4.64. The molecule has 0 unspecified atom stereocenters. The van der Waals surface area contributed by atoms with Gasteiger partial charge in [0.15, 0.2) is 11.5 Å². The zero-order valence-corrected chi connectivity index (χ0v) is 15.1. The van der Waals surface area contributed by atoms with Crippen molar-refractivity contribution in [3.63, 3.8) is 0 Å². The molecule has 1 amide bonds. The smallest absolute Gasteiger partial charge is 0.387 e. The van der Waals surface area contributed by atoms with Crippen LogP contribution in [0.1, 0.15) is 10.4 Å². The molecule has 25 heavy (non-hydrogen) atoms. The molecule has 2 rings (SSSR count). The van der Waals surface area contributed by atoms with Gasteiger partial charge in [0, 0.05) is 10.0 Å². The first kappa shape index (κ1) is 19.1. The molecule has 0 aliphatic rings. The van der Waals surface area contributed by atoms with E-state index in [1.807, 2.05) is 4.72 Å². The molecule has 0 fully saturated rings. The van der Waals surface area contributed by atoms with Gasteiger partial charge in [-0.05, 0) is 36.4 Å². The van der Waals surface area contributed by atoms with Crippen molar-refractivity contribution >= 4 is 31.9 Å². The van der Waals surface area contributed by atoms with Crippen LogP contribution in [-0.2, 0) is 10.0 Å². The maximum atomic E-state index is 12.3. The molecule has 6 nitrogen and oxygen atoms in total. The number of alkyl halides is 2. The highest BCUT2D eigenvalue weighted by Gasteiger charge is 2.20. The highest BCUT2D eigenvalue weighted by atomic mass is 79.9. The molecule has 0 saturated heterocycles. The summed E-state index contributed by atoms with van der Waals surface area (Å²) in [6.07, 6.45) is 0. The van der Waals surface area contributed by atoms with E-state index in [1.54, 1.807) is 6.07 Å². The normalized spacial score (nSPS) is 11.2. The fourth-order valence-electron chi connectivity index (χ4n) is 1.88. The molecule has 0 atom stereocenters. The van der Waals surface area contributed by atoms with Crippen molar-refractivity contribution in [2.75, 3.05) is 7.11 Å². The third kappa shape index (κ3) is 4.89. The van der Waals surface area contributed by atoms with Crippen LogP contribution in [0.25, 0.3) is 0 Å². The van der Waals surface area contributed by atoms with Crippen LogP contribution in [0.3, 0.4) is 0 Å². The molecule has 1 N–H and O–H groups in total. The second kappa shape index (κ2) is 7.79. The van der Waals surface area contributed by atoms with E-state index in [1.165, 1.54) is 25.3 Å². The van der Waals surface area contributed by atoms with Crippen molar-refractivity contribution in [1.29, 1.82) is 0 Å². The number of halogens is 3. The number of rotatable bonds is 6. The van der Waals surface area contributed by atoms with Gasteiger partial charge < -0.3 is 9.47 Å². The van der Waals surface area contributed by atoms with E-state index in [0.29, 0.717) is 4.47 Å². The second-order valence-corrected chi connectivity index (χ2v) is 7.23. The number of carbonyl (C=O) groups excluding carboxylic acids is 1. The van der Waals surface area contributed by atoms with E-state index in [4.69, 9.17) is 4.74 Å². The lowest BCUT2D eigenvalue weighted by atomic mass is 10.2. The minimum absolute atomic E-state index is 0.1000. The molecule has 0 heterocycles. The van der Waals surface area contributed by atoms with Crippen molar-refractivity contribution in [3.8, 4) is 11.5 Å². The van der Waals surface area contributed by atoms with Gasteiger partial charge in [-0.3, -0.25) is 4.79 Å². The number of amides is 1. The largest absolute Gasteiger partial charge is 0.493 e. The Hall–Kier alpha value is -2.20. The summed E-state index contributed by atoms with van der Waals surface area (Å²) < 4.78 is 60.6. The summed E-state index contributed by atoms with van der Waals surface area (Å²) in [4.78, 5) is 12.1. The average Bonchev–Trinajstić information content (AvgIpc) is 2.54. The highest BCUT2D eigenvalue weighted by Crippen LogP contribution is 2.29. The predicted octanol–water partition coefficient (Wildman–Crippen LogP) is 3.18. The van der Waals surface area contributed by atoms with E-state index < -0.39 is 22.5 Å². The van der Waals surface area contributed by atoms with Crippen molar-refractivity contribution in [1.82, 2.24) is 4.72 Å². The Balaban J connectivity index is 2.26. The topological polar surface area (TPSA) is 81.7 Å². The van der Waals surface area contributed by atoms with Crippen LogP contribution >= 0.6 is 15.9 Å². The lowest BCUT2D eigenvalue weighted by Crippen LogP contribution is -2.30. The lowest BCUT2D eigenvalue weighted by molar-refractivity contribution is -0.0512. The SMILES string of the molecule is COc1cc(C(=O)NS(=O)(=O)c2cccc(Br)c2)ccc1OC(F)F. The van der Waals surface area contributed by atoms with Gasteiger partial charge in [0.05, 0.1) is 12.0 Å². The summed E-state index contributed by atoms with van der Waals surface area (Å²) >= 11 is 3.14. The molecule has 0 aromatic heterocycles. The molecule has 10 heteroatoms. The van der Waals surface area contributed by atoms with Gasteiger partial charge in [-0.2, -0.15) is 8.78 Å². The van der Waals surface area contributed by atoms with Gasteiger partial charge in [-0.15, -0.1) is 0 Å². The third-order valence-corrected chi connectivity index (χ3v) is 4.80. The summed E-state index contributed by atoms with van der Waals surface area (Å²) in [6, 6.07) is 9.12. The average molecular weight is 436 g/mol. The standard InChI is InChI=1S/C15H12BrF2NO5S/c1-23-13-7-9(5-6-12(13)24-15(17)18)14(20)19-25(21,22)11-4-2-3-10(16)8-11/h2-8,15H,1H3,(H,19,20). The van der Waals surface area contributed by atoms with Crippen molar-refractivity contribution in [3.05, 3.63) is 52.5 Å². The Labute approximate surface area is 150 Å². The molecule has 2 aromatic carbocycles. The van der Waals surface area contributed by atoms with Gasteiger partial charge in [-0.25, -0.2) is 13.1 Å². The van der Waals surface area contributed by atoms with E-state index in [-0.39, 0.29) is 22.0 Å². The number of nitrogens with one attached hydrogen (secondary N) is 1. The molecular formula is C15H12BrF2NO5S. The van der Waals surface area contributed by atoms with Crippen LogP contribution in [0.2, 0.25) is 0 Å². The Morgan fingerprint density at radius 1 is 1.16 bits per heavy atom. The van der Waals surface area contributed by atoms with Crippen molar-refractivity contribution in [2.45, 2.75) is 11.5 Å². The summed E-state index contributed by atoms with van der Waals surface area (Å²) in [7, 11) is -2.90. The van der Waals surface area contributed by atoms with E-state index in [2.05, 4.69) is 20.7 Å². The van der Waals surface area contributed by atoms with Crippen molar-refractivity contribution < 1.29 is 31.5 Å². The molecule has 0 saturated carbocycles. The summed E-state index contributed by atoms with van der Waals surface area (Å²) in [5.74, 6) is -1.35. The number of methoxy groups -OCH3 is 1. The molecule has 0 spiro atoms. The number of benzene rings is 2. The van der Waals surface area contributed by atoms with Gasteiger partial charge in [0.25, 0.3) is 15.9 Å². The van der Waals surface area contributed by atoms with Crippen molar-refractivity contribution in [2.24, 2.45) is 0 Å². The molecule has 0 radical (unpaired) electrons. The Bertz CT molecular complexity index is 889. The first-order chi connectivity index (χ1) is 11.7. The molecule has 0 aliphatic heterocycles. The molecule has 2 aromatic rings. The van der Waals surface area contributed by atoms with Gasteiger partial charge in [-0.1, -0.05) is 22.0 Å². The first-order valence-corrected chi connectivity index (χ1v) is 8.96. The van der Waals surface area contributed by atoms with Gasteiger partial charge in [0.2, 0.25) is 0 Å². The fourth-order valence-corrected chi connectivity index (χ4v) is 3.45. The lowest BCUT2D eigenvalue weighted by Gasteiger charge is -2.12. The number of hydrogen-bond donors (Lipinski definition) is 1. The fraction of sp³-hybridized carbons (Fsp3) is 0.133. The third-order valence-electron chi connectivity index (χ3n) is 2.98. The van der Waals surface area contributed by atoms with Crippen LogP contribution in [-0.4, -0.2) is 28.0 Å². The maximum absolute atomic E-state index is 12.3. The molecule has 0 aliphatic carbocycles.